The highest BCUT2D eigenvalue weighted by Gasteiger charge is 2.28. The van der Waals surface area contributed by atoms with Crippen molar-refractivity contribution in [3.63, 3.8) is 0 Å². The Kier molecular flexibility index (Phi) is 7.96. The van der Waals surface area contributed by atoms with Crippen LogP contribution < -0.4 is 14.8 Å². The molecule has 0 aliphatic carbocycles. The average Bonchev–Trinajstić information content (AvgIpc) is 2.78. The third-order valence-electron chi connectivity index (χ3n) is 5.43. The number of rotatable bonds is 8. The SMILES string of the molecule is COc1ccc(CCNC(=O)[C@H](C)N2CCO[C@H](c3ccc(Cl)cc3)C2)cc1OC. The van der Waals surface area contributed by atoms with Gasteiger partial charge >= 0.3 is 0 Å². The van der Waals surface area contributed by atoms with Gasteiger partial charge in [0.2, 0.25) is 5.91 Å². The molecule has 0 spiro atoms. The highest BCUT2D eigenvalue weighted by molar-refractivity contribution is 6.30. The number of hydrogen-bond donors (Lipinski definition) is 1. The quantitative estimate of drug-likeness (QED) is 0.692. The Morgan fingerprint density at radius 1 is 1.20 bits per heavy atom. The molecule has 1 aliphatic heterocycles. The first-order chi connectivity index (χ1) is 14.5. The highest BCUT2D eigenvalue weighted by Crippen LogP contribution is 2.28. The van der Waals surface area contributed by atoms with E-state index < -0.39 is 0 Å². The Hall–Kier alpha value is -2.28. The fourth-order valence-corrected chi connectivity index (χ4v) is 3.71. The van der Waals surface area contributed by atoms with E-state index in [0.29, 0.717) is 36.2 Å². The van der Waals surface area contributed by atoms with E-state index >= 15 is 0 Å². The van der Waals surface area contributed by atoms with Crippen molar-refractivity contribution < 1.29 is 19.0 Å². The van der Waals surface area contributed by atoms with Crippen LogP contribution in [-0.4, -0.2) is 57.3 Å². The van der Waals surface area contributed by atoms with Crippen LogP contribution in [0.25, 0.3) is 0 Å². The smallest absolute Gasteiger partial charge is 0.237 e. The Morgan fingerprint density at radius 2 is 1.93 bits per heavy atom. The summed E-state index contributed by atoms with van der Waals surface area (Å²) in [4.78, 5) is 14.8. The number of halogens is 1. The minimum absolute atomic E-state index is 0.0206. The summed E-state index contributed by atoms with van der Waals surface area (Å²) >= 11 is 5.98. The van der Waals surface area contributed by atoms with Gasteiger partial charge in [-0.05, 0) is 48.7 Å². The van der Waals surface area contributed by atoms with E-state index in [9.17, 15) is 4.79 Å². The molecular weight excluding hydrogens is 404 g/mol. The molecule has 1 aliphatic rings. The van der Waals surface area contributed by atoms with Crippen LogP contribution in [0.15, 0.2) is 42.5 Å². The zero-order valence-electron chi connectivity index (χ0n) is 17.7. The monoisotopic (exact) mass is 432 g/mol. The Bertz CT molecular complexity index is 844. The van der Waals surface area contributed by atoms with Gasteiger partial charge in [0.05, 0.1) is 33.0 Å². The molecule has 2 aromatic carbocycles. The van der Waals surface area contributed by atoms with Crippen molar-refractivity contribution >= 4 is 17.5 Å². The summed E-state index contributed by atoms with van der Waals surface area (Å²) in [5, 5.41) is 3.75. The number of morpholine rings is 1. The zero-order valence-corrected chi connectivity index (χ0v) is 18.4. The predicted molar refractivity (Wildman–Crippen MR) is 117 cm³/mol. The predicted octanol–water partition coefficient (Wildman–Crippen LogP) is 3.48. The lowest BCUT2D eigenvalue weighted by molar-refractivity contribution is -0.129. The van der Waals surface area contributed by atoms with E-state index in [1.54, 1.807) is 14.2 Å². The number of carbonyl (C=O) groups is 1. The minimum Gasteiger partial charge on any atom is -0.493 e. The maximum absolute atomic E-state index is 12.7. The number of benzene rings is 2. The summed E-state index contributed by atoms with van der Waals surface area (Å²) in [6.07, 6.45) is 0.660. The molecule has 7 heteroatoms. The van der Waals surface area contributed by atoms with Crippen LogP contribution in [0.3, 0.4) is 0 Å². The fourth-order valence-electron chi connectivity index (χ4n) is 3.58. The standard InChI is InChI=1S/C23H29ClN2O4/c1-16(26-12-13-30-22(15-26)18-5-7-19(24)8-6-18)23(27)25-11-10-17-4-9-20(28-2)21(14-17)29-3/h4-9,14,16,22H,10-13,15H2,1-3H3,(H,25,27)/t16-,22-/m0/s1. The normalized spacial score (nSPS) is 17.9. The number of ether oxygens (including phenoxy) is 3. The zero-order chi connectivity index (χ0) is 21.5. The van der Waals surface area contributed by atoms with Gasteiger partial charge in [0, 0.05) is 24.7 Å². The second kappa shape index (κ2) is 10.7. The van der Waals surface area contributed by atoms with E-state index in [-0.39, 0.29) is 18.1 Å². The number of methoxy groups -OCH3 is 2. The van der Waals surface area contributed by atoms with E-state index in [1.807, 2.05) is 49.4 Å². The molecular formula is C23H29ClN2O4. The number of amides is 1. The van der Waals surface area contributed by atoms with E-state index in [4.69, 9.17) is 25.8 Å². The maximum atomic E-state index is 12.7. The summed E-state index contributed by atoms with van der Waals surface area (Å²) in [5.74, 6) is 1.41. The molecule has 1 heterocycles. The topological polar surface area (TPSA) is 60.0 Å². The van der Waals surface area contributed by atoms with Gasteiger partial charge in [-0.1, -0.05) is 29.8 Å². The number of nitrogens with one attached hydrogen (secondary N) is 1. The molecule has 162 valence electrons. The molecule has 2 aromatic rings. The molecule has 2 atom stereocenters. The van der Waals surface area contributed by atoms with Crippen LogP contribution in [0, 0.1) is 0 Å². The van der Waals surface area contributed by atoms with Crippen LogP contribution in [0.2, 0.25) is 5.02 Å². The first kappa shape index (κ1) is 22.4. The molecule has 1 fully saturated rings. The molecule has 30 heavy (non-hydrogen) atoms. The lowest BCUT2D eigenvalue weighted by atomic mass is 10.1. The maximum Gasteiger partial charge on any atom is 0.237 e. The summed E-state index contributed by atoms with van der Waals surface area (Å²) in [6.45, 7) is 4.50. The Balaban J connectivity index is 1.51. The van der Waals surface area contributed by atoms with Crippen LogP contribution in [0.1, 0.15) is 24.2 Å². The number of hydrogen-bond acceptors (Lipinski definition) is 5. The minimum atomic E-state index is -0.228. The van der Waals surface area contributed by atoms with Gasteiger partial charge in [-0.3, -0.25) is 9.69 Å². The van der Waals surface area contributed by atoms with E-state index in [2.05, 4.69) is 10.2 Å². The first-order valence-electron chi connectivity index (χ1n) is 10.1. The van der Waals surface area contributed by atoms with Crippen LogP contribution >= 0.6 is 11.6 Å². The summed E-state index contributed by atoms with van der Waals surface area (Å²) in [7, 11) is 3.23. The van der Waals surface area contributed by atoms with Crippen LogP contribution in [-0.2, 0) is 16.0 Å². The van der Waals surface area contributed by atoms with Crippen LogP contribution in [0.5, 0.6) is 11.5 Å². The number of nitrogens with zero attached hydrogens (tertiary/aromatic N) is 1. The van der Waals surface area contributed by atoms with Gasteiger partial charge in [0.15, 0.2) is 11.5 Å². The van der Waals surface area contributed by atoms with E-state index in [0.717, 1.165) is 24.1 Å². The molecule has 1 N–H and O–H groups in total. The summed E-state index contributed by atoms with van der Waals surface area (Å²) in [6, 6.07) is 13.3. The number of carbonyl (C=O) groups excluding carboxylic acids is 1. The van der Waals surface area contributed by atoms with Gasteiger partial charge in [-0.2, -0.15) is 0 Å². The molecule has 3 rings (SSSR count). The molecule has 0 aromatic heterocycles. The third-order valence-corrected chi connectivity index (χ3v) is 5.68. The van der Waals surface area contributed by atoms with E-state index in [1.165, 1.54) is 0 Å². The largest absolute Gasteiger partial charge is 0.493 e. The van der Waals surface area contributed by atoms with Crippen molar-refractivity contribution in [2.45, 2.75) is 25.5 Å². The van der Waals surface area contributed by atoms with Gasteiger partial charge in [-0.15, -0.1) is 0 Å². The van der Waals surface area contributed by atoms with Crippen LogP contribution in [0.4, 0.5) is 0 Å². The Labute approximate surface area is 183 Å². The third kappa shape index (κ3) is 5.65. The van der Waals surface area contributed by atoms with Crippen molar-refractivity contribution in [2.24, 2.45) is 0 Å². The van der Waals surface area contributed by atoms with Crippen molar-refractivity contribution in [3.05, 3.63) is 58.6 Å². The molecule has 1 saturated heterocycles. The summed E-state index contributed by atoms with van der Waals surface area (Å²) < 4.78 is 16.5. The lowest BCUT2D eigenvalue weighted by Gasteiger charge is -2.36. The lowest BCUT2D eigenvalue weighted by Crippen LogP contribution is -2.50. The fraction of sp³-hybridized carbons (Fsp3) is 0.435. The summed E-state index contributed by atoms with van der Waals surface area (Å²) in [5.41, 5.74) is 2.15. The first-order valence-corrected chi connectivity index (χ1v) is 10.5. The molecule has 0 bridgehead atoms. The molecule has 0 unspecified atom stereocenters. The molecule has 1 amide bonds. The highest BCUT2D eigenvalue weighted by atomic mass is 35.5. The van der Waals surface area contributed by atoms with Gasteiger partial charge in [0.1, 0.15) is 0 Å². The van der Waals surface area contributed by atoms with Gasteiger partial charge in [0.25, 0.3) is 0 Å². The molecule has 0 saturated carbocycles. The van der Waals surface area contributed by atoms with Gasteiger partial charge < -0.3 is 19.5 Å². The second-order valence-electron chi connectivity index (χ2n) is 7.31. The van der Waals surface area contributed by atoms with Crippen molar-refractivity contribution in [1.82, 2.24) is 10.2 Å². The average molecular weight is 433 g/mol. The van der Waals surface area contributed by atoms with Crippen molar-refractivity contribution in [3.8, 4) is 11.5 Å². The van der Waals surface area contributed by atoms with Crippen molar-refractivity contribution in [2.75, 3.05) is 40.5 Å². The Morgan fingerprint density at radius 3 is 2.63 bits per heavy atom. The second-order valence-corrected chi connectivity index (χ2v) is 7.75. The van der Waals surface area contributed by atoms with Gasteiger partial charge in [-0.25, -0.2) is 0 Å². The van der Waals surface area contributed by atoms with Crippen molar-refractivity contribution in [1.29, 1.82) is 0 Å². The molecule has 6 nitrogen and oxygen atoms in total. The molecule has 0 radical (unpaired) electrons.